The summed E-state index contributed by atoms with van der Waals surface area (Å²) in [6.07, 6.45) is 0. The number of amides is 1. The average molecular weight is 319 g/mol. The van der Waals surface area contributed by atoms with Crippen LogP contribution in [0.5, 0.6) is 0 Å². The Bertz CT molecular complexity index is 687. The van der Waals surface area contributed by atoms with Crippen molar-refractivity contribution in [2.45, 2.75) is 45.0 Å². The minimum atomic E-state index is -0.328. The molecule has 3 N–H and O–H groups in total. The van der Waals surface area contributed by atoms with Crippen molar-refractivity contribution in [2.75, 3.05) is 11.2 Å². The van der Waals surface area contributed by atoms with Gasteiger partial charge in [0.05, 0.1) is 5.25 Å². The summed E-state index contributed by atoms with van der Waals surface area (Å²) in [6.45, 7) is 9.62. The summed E-state index contributed by atoms with van der Waals surface area (Å²) in [5, 5.41) is 11.0. The molecule has 7 heteroatoms. The SMILES string of the molecule is Cc1cc(C)c(NC(=O)C(C)Sc2nnc(C)n2N)c(C)c1. The van der Waals surface area contributed by atoms with Gasteiger partial charge in [0.1, 0.15) is 5.82 Å². The van der Waals surface area contributed by atoms with Crippen LogP contribution in [0.3, 0.4) is 0 Å². The highest BCUT2D eigenvalue weighted by Crippen LogP contribution is 2.25. The number of carbonyl (C=O) groups excluding carboxylic acids is 1. The van der Waals surface area contributed by atoms with E-state index in [1.165, 1.54) is 22.0 Å². The summed E-state index contributed by atoms with van der Waals surface area (Å²) in [6, 6.07) is 4.11. The lowest BCUT2D eigenvalue weighted by Crippen LogP contribution is -2.24. The number of aromatic nitrogens is 3. The summed E-state index contributed by atoms with van der Waals surface area (Å²) in [7, 11) is 0. The van der Waals surface area contributed by atoms with Crippen molar-refractivity contribution in [1.82, 2.24) is 14.9 Å². The highest BCUT2D eigenvalue weighted by molar-refractivity contribution is 8.00. The smallest absolute Gasteiger partial charge is 0.237 e. The molecule has 1 atom stereocenters. The van der Waals surface area contributed by atoms with Crippen molar-refractivity contribution in [3.63, 3.8) is 0 Å². The van der Waals surface area contributed by atoms with Crippen molar-refractivity contribution < 1.29 is 4.79 Å². The topological polar surface area (TPSA) is 85.8 Å². The van der Waals surface area contributed by atoms with Crippen LogP contribution in [0.4, 0.5) is 5.69 Å². The Labute approximate surface area is 134 Å². The van der Waals surface area contributed by atoms with Crippen LogP contribution in [0.25, 0.3) is 0 Å². The molecule has 0 aliphatic rings. The molecule has 1 amide bonds. The number of nitrogen functional groups attached to an aromatic ring is 1. The van der Waals surface area contributed by atoms with Crippen molar-refractivity contribution in [3.05, 3.63) is 34.6 Å². The van der Waals surface area contributed by atoms with Crippen LogP contribution < -0.4 is 11.2 Å². The molecule has 1 heterocycles. The quantitative estimate of drug-likeness (QED) is 0.667. The number of nitrogens with one attached hydrogen (secondary N) is 1. The molecule has 0 radical (unpaired) electrons. The lowest BCUT2D eigenvalue weighted by atomic mass is 10.1. The van der Waals surface area contributed by atoms with Crippen LogP contribution >= 0.6 is 11.8 Å². The first-order valence-electron chi connectivity index (χ1n) is 7.02. The zero-order chi connectivity index (χ0) is 16.4. The molecule has 1 unspecified atom stereocenters. The van der Waals surface area contributed by atoms with Crippen LogP contribution in [0.15, 0.2) is 17.3 Å². The Morgan fingerprint density at radius 3 is 2.32 bits per heavy atom. The number of nitrogens with two attached hydrogens (primary N) is 1. The minimum Gasteiger partial charge on any atom is -0.336 e. The van der Waals surface area contributed by atoms with Gasteiger partial charge in [-0.15, -0.1) is 10.2 Å². The van der Waals surface area contributed by atoms with Crippen molar-refractivity contribution in [2.24, 2.45) is 0 Å². The summed E-state index contributed by atoms with van der Waals surface area (Å²) < 4.78 is 1.39. The fraction of sp³-hybridized carbons (Fsp3) is 0.400. The first-order chi connectivity index (χ1) is 10.3. The third kappa shape index (κ3) is 3.41. The number of hydrogen-bond donors (Lipinski definition) is 2. The first kappa shape index (κ1) is 16.4. The van der Waals surface area contributed by atoms with E-state index in [0.717, 1.165) is 16.8 Å². The van der Waals surface area contributed by atoms with Crippen molar-refractivity contribution in [3.8, 4) is 0 Å². The molecule has 6 nitrogen and oxygen atoms in total. The predicted octanol–water partition coefficient (Wildman–Crippen LogP) is 2.34. The fourth-order valence-electron chi connectivity index (χ4n) is 2.24. The van der Waals surface area contributed by atoms with Gasteiger partial charge < -0.3 is 11.2 Å². The fourth-order valence-corrected chi connectivity index (χ4v) is 3.06. The molecule has 0 aliphatic carbocycles. The molecule has 0 fully saturated rings. The molecule has 0 saturated heterocycles. The largest absolute Gasteiger partial charge is 0.336 e. The number of anilines is 1. The highest BCUT2D eigenvalue weighted by Gasteiger charge is 2.19. The summed E-state index contributed by atoms with van der Waals surface area (Å²) >= 11 is 1.29. The molecule has 22 heavy (non-hydrogen) atoms. The van der Waals surface area contributed by atoms with Crippen LogP contribution in [0, 0.1) is 27.7 Å². The molecule has 118 valence electrons. The van der Waals surface area contributed by atoms with Crippen molar-refractivity contribution in [1.29, 1.82) is 0 Å². The first-order valence-corrected chi connectivity index (χ1v) is 7.90. The van der Waals surface area contributed by atoms with E-state index in [4.69, 9.17) is 5.84 Å². The summed E-state index contributed by atoms with van der Waals surface area (Å²) in [4.78, 5) is 12.4. The number of hydrogen-bond acceptors (Lipinski definition) is 5. The third-order valence-corrected chi connectivity index (χ3v) is 4.47. The second-order valence-electron chi connectivity index (χ2n) is 5.42. The van der Waals surface area contributed by atoms with Gasteiger partial charge in [-0.25, -0.2) is 4.68 Å². The normalized spacial score (nSPS) is 12.2. The lowest BCUT2D eigenvalue weighted by molar-refractivity contribution is -0.115. The van der Waals surface area contributed by atoms with Gasteiger partial charge in [0.25, 0.3) is 0 Å². The molecular weight excluding hydrogens is 298 g/mol. The standard InChI is InChI=1S/C15H21N5OS/c1-8-6-9(2)13(10(3)7-8)17-14(21)11(4)22-15-19-18-12(5)20(15)16/h6-7,11H,16H2,1-5H3,(H,17,21). The number of nitrogens with zero attached hydrogens (tertiary/aromatic N) is 3. The monoisotopic (exact) mass is 319 g/mol. The molecule has 0 spiro atoms. The number of aryl methyl sites for hydroxylation is 4. The van der Waals surface area contributed by atoms with E-state index in [1.54, 1.807) is 6.92 Å². The number of carbonyl (C=O) groups is 1. The maximum absolute atomic E-state index is 12.4. The van der Waals surface area contributed by atoms with Gasteiger partial charge in [0, 0.05) is 5.69 Å². The third-order valence-electron chi connectivity index (χ3n) is 3.41. The number of rotatable bonds is 4. The van der Waals surface area contributed by atoms with E-state index in [-0.39, 0.29) is 11.2 Å². The Kier molecular flexibility index (Phi) is 4.75. The maximum atomic E-state index is 12.4. The molecule has 0 aliphatic heterocycles. The zero-order valence-corrected chi connectivity index (χ0v) is 14.3. The Morgan fingerprint density at radius 1 is 1.23 bits per heavy atom. The average Bonchev–Trinajstić information content (AvgIpc) is 2.74. The molecule has 2 rings (SSSR count). The van der Waals surface area contributed by atoms with Gasteiger partial charge in [0.2, 0.25) is 11.1 Å². The van der Waals surface area contributed by atoms with E-state index < -0.39 is 0 Å². The van der Waals surface area contributed by atoms with Crippen LogP contribution in [0.2, 0.25) is 0 Å². The van der Waals surface area contributed by atoms with E-state index in [0.29, 0.717) is 11.0 Å². The molecule has 1 aromatic heterocycles. The van der Waals surface area contributed by atoms with Crippen LogP contribution in [-0.2, 0) is 4.79 Å². The van der Waals surface area contributed by atoms with Gasteiger partial charge in [-0.05, 0) is 45.7 Å². The Balaban J connectivity index is 2.11. The predicted molar refractivity (Wildman–Crippen MR) is 89.5 cm³/mol. The minimum absolute atomic E-state index is 0.0827. The molecule has 0 bridgehead atoms. The van der Waals surface area contributed by atoms with Gasteiger partial charge >= 0.3 is 0 Å². The van der Waals surface area contributed by atoms with Gasteiger partial charge in [-0.2, -0.15) is 0 Å². The Hall–Kier alpha value is -2.02. The van der Waals surface area contributed by atoms with Crippen molar-refractivity contribution >= 4 is 23.4 Å². The summed E-state index contributed by atoms with van der Waals surface area (Å²) in [5.41, 5.74) is 4.16. The lowest BCUT2D eigenvalue weighted by Gasteiger charge is -2.15. The van der Waals surface area contributed by atoms with E-state index in [9.17, 15) is 4.79 Å². The number of thioether (sulfide) groups is 1. The van der Waals surface area contributed by atoms with Crippen LogP contribution in [0.1, 0.15) is 29.4 Å². The molecular formula is C15H21N5OS. The van der Waals surface area contributed by atoms with Gasteiger partial charge in [-0.3, -0.25) is 4.79 Å². The van der Waals surface area contributed by atoms with E-state index in [2.05, 4.69) is 27.6 Å². The highest BCUT2D eigenvalue weighted by atomic mass is 32.2. The summed E-state index contributed by atoms with van der Waals surface area (Å²) in [5.74, 6) is 6.34. The molecule has 2 aromatic rings. The van der Waals surface area contributed by atoms with E-state index in [1.807, 2.05) is 27.7 Å². The van der Waals surface area contributed by atoms with E-state index >= 15 is 0 Å². The zero-order valence-electron chi connectivity index (χ0n) is 13.5. The maximum Gasteiger partial charge on any atom is 0.237 e. The second-order valence-corrected chi connectivity index (χ2v) is 6.73. The number of benzene rings is 1. The van der Waals surface area contributed by atoms with Crippen LogP contribution in [-0.4, -0.2) is 26.0 Å². The molecule has 1 aromatic carbocycles. The second kappa shape index (κ2) is 6.39. The van der Waals surface area contributed by atoms with Gasteiger partial charge in [0.15, 0.2) is 0 Å². The van der Waals surface area contributed by atoms with Gasteiger partial charge in [-0.1, -0.05) is 29.5 Å². The Morgan fingerprint density at radius 2 is 1.82 bits per heavy atom. The molecule has 0 saturated carbocycles.